The van der Waals surface area contributed by atoms with Gasteiger partial charge in [-0.2, -0.15) is 0 Å². The van der Waals surface area contributed by atoms with Crippen molar-refractivity contribution in [3.05, 3.63) is 42.1 Å². The number of aromatic nitrogens is 2. The fourth-order valence-electron chi connectivity index (χ4n) is 2.74. The Bertz CT molecular complexity index is 597. The number of nitrogens with one attached hydrogen (secondary N) is 1. The minimum Gasteiger partial charge on any atom is -0.314 e. The summed E-state index contributed by atoms with van der Waals surface area (Å²) in [5.41, 5.74) is 2.53. The quantitative estimate of drug-likeness (QED) is 0.918. The van der Waals surface area contributed by atoms with Gasteiger partial charge < -0.3 is 9.72 Å². The predicted octanol–water partition coefficient (Wildman–Crippen LogP) is 2.80. The van der Waals surface area contributed by atoms with Crippen LogP contribution in [-0.4, -0.2) is 22.0 Å². The molecule has 0 spiro atoms. The maximum atomic E-state index is 13.4. The van der Waals surface area contributed by atoms with Crippen molar-refractivity contribution in [2.45, 2.75) is 31.7 Å². The Balaban J connectivity index is 1.90. The molecule has 0 radical (unpaired) electrons. The molecule has 100 valence electrons. The molecule has 3 rings (SSSR count). The first-order valence-electron chi connectivity index (χ1n) is 6.79. The molecule has 0 bridgehead atoms. The molecule has 1 saturated heterocycles. The van der Waals surface area contributed by atoms with Gasteiger partial charge in [-0.15, -0.1) is 0 Å². The lowest BCUT2D eigenvalue weighted by Crippen LogP contribution is -2.35. The minimum absolute atomic E-state index is 0.262. The zero-order chi connectivity index (χ0) is 13.2. The number of nitrogens with zero attached hydrogens (tertiary/aromatic N) is 2. The summed E-state index contributed by atoms with van der Waals surface area (Å²) in [4.78, 5) is 4.60. The van der Waals surface area contributed by atoms with Crippen LogP contribution < -0.4 is 5.32 Å². The van der Waals surface area contributed by atoms with Gasteiger partial charge in [0.2, 0.25) is 0 Å². The zero-order valence-corrected chi connectivity index (χ0v) is 10.9. The molecule has 1 aliphatic rings. The van der Waals surface area contributed by atoms with Gasteiger partial charge in [-0.3, -0.25) is 0 Å². The van der Waals surface area contributed by atoms with E-state index in [-0.39, 0.29) is 5.82 Å². The summed E-state index contributed by atoms with van der Waals surface area (Å²) in [5.74, 6) is -0.262. The van der Waals surface area contributed by atoms with E-state index in [1.807, 2.05) is 6.20 Å². The average molecular weight is 259 g/mol. The molecule has 4 heteroatoms. The Morgan fingerprint density at radius 1 is 1.47 bits per heavy atom. The van der Waals surface area contributed by atoms with Gasteiger partial charge in [-0.05, 0) is 25.5 Å². The van der Waals surface area contributed by atoms with Crippen LogP contribution in [0.5, 0.6) is 0 Å². The van der Waals surface area contributed by atoms with Crippen molar-refractivity contribution in [3.8, 4) is 0 Å². The molecule has 1 fully saturated rings. The van der Waals surface area contributed by atoms with Crippen molar-refractivity contribution in [3.63, 3.8) is 0 Å². The van der Waals surface area contributed by atoms with Gasteiger partial charge in [0.1, 0.15) is 11.5 Å². The van der Waals surface area contributed by atoms with E-state index in [0.29, 0.717) is 6.04 Å². The van der Waals surface area contributed by atoms with Crippen LogP contribution in [0.2, 0.25) is 0 Å². The second-order valence-corrected chi connectivity index (χ2v) is 5.13. The number of hydrogen-bond acceptors (Lipinski definition) is 2. The molecule has 0 unspecified atom stereocenters. The maximum Gasteiger partial charge on any atom is 0.144 e. The standard InChI is InChI=1S/C15H18FN3/c1-2-11-7-12(16)9-19-10-14(18-15(11)19)8-13-5-3-4-6-17-13/h2,7,9-10,13,17H,1,3-6,8H2/t13-/m0/s1. The number of halogens is 1. The first kappa shape index (κ1) is 12.4. The van der Waals surface area contributed by atoms with E-state index < -0.39 is 0 Å². The van der Waals surface area contributed by atoms with Gasteiger partial charge in [0.25, 0.3) is 0 Å². The molecule has 1 N–H and O–H groups in total. The van der Waals surface area contributed by atoms with E-state index in [0.717, 1.165) is 29.9 Å². The molecule has 0 saturated carbocycles. The molecule has 0 aliphatic carbocycles. The number of imidazole rings is 1. The predicted molar refractivity (Wildman–Crippen MR) is 74.6 cm³/mol. The monoisotopic (exact) mass is 259 g/mol. The highest BCUT2D eigenvalue weighted by Crippen LogP contribution is 2.17. The molecular weight excluding hydrogens is 241 g/mol. The van der Waals surface area contributed by atoms with Crippen LogP contribution in [0, 0.1) is 5.82 Å². The van der Waals surface area contributed by atoms with Crippen molar-refractivity contribution < 1.29 is 4.39 Å². The van der Waals surface area contributed by atoms with E-state index in [2.05, 4.69) is 16.9 Å². The molecule has 0 amide bonds. The Morgan fingerprint density at radius 3 is 3.11 bits per heavy atom. The smallest absolute Gasteiger partial charge is 0.144 e. The molecule has 19 heavy (non-hydrogen) atoms. The Morgan fingerprint density at radius 2 is 2.37 bits per heavy atom. The lowest BCUT2D eigenvalue weighted by Gasteiger charge is -2.22. The van der Waals surface area contributed by atoms with E-state index in [1.165, 1.54) is 31.5 Å². The highest BCUT2D eigenvalue weighted by Gasteiger charge is 2.15. The molecular formula is C15H18FN3. The van der Waals surface area contributed by atoms with Crippen LogP contribution in [0.25, 0.3) is 11.7 Å². The minimum atomic E-state index is -0.262. The van der Waals surface area contributed by atoms with Gasteiger partial charge >= 0.3 is 0 Å². The van der Waals surface area contributed by atoms with Crippen molar-refractivity contribution in [2.75, 3.05) is 6.54 Å². The fraction of sp³-hybridized carbons (Fsp3) is 0.400. The lowest BCUT2D eigenvalue weighted by molar-refractivity contribution is 0.397. The molecule has 0 aromatic carbocycles. The van der Waals surface area contributed by atoms with Gasteiger partial charge in [0.15, 0.2) is 0 Å². The first-order chi connectivity index (χ1) is 9.26. The summed E-state index contributed by atoms with van der Waals surface area (Å²) in [6.07, 6.45) is 9.66. The summed E-state index contributed by atoms with van der Waals surface area (Å²) < 4.78 is 15.2. The summed E-state index contributed by atoms with van der Waals surface area (Å²) in [5, 5.41) is 3.51. The maximum absolute atomic E-state index is 13.4. The summed E-state index contributed by atoms with van der Waals surface area (Å²) in [6.45, 7) is 4.80. The Hall–Kier alpha value is -1.68. The second-order valence-electron chi connectivity index (χ2n) is 5.13. The number of piperidine rings is 1. The third kappa shape index (κ3) is 2.54. The number of rotatable bonds is 3. The van der Waals surface area contributed by atoms with Gasteiger partial charge in [-0.1, -0.05) is 19.1 Å². The van der Waals surface area contributed by atoms with E-state index in [9.17, 15) is 4.39 Å². The van der Waals surface area contributed by atoms with Gasteiger partial charge in [-0.25, -0.2) is 9.37 Å². The second kappa shape index (κ2) is 5.13. The zero-order valence-electron chi connectivity index (χ0n) is 10.9. The van der Waals surface area contributed by atoms with Crippen LogP contribution in [0.1, 0.15) is 30.5 Å². The highest BCUT2D eigenvalue weighted by atomic mass is 19.1. The SMILES string of the molecule is C=Cc1cc(F)cn2cc(C[C@@H]3CCCCN3)nc12. The lowest BCUT2D eigenvalue weighted by atomic mass is 10.0. The van der Waals surface area contributed by atoms with Crippen LogP contribution in [0.15, 0.2) is 25.0 Å². The number of fused-ring (bicyclic) bond motifs is 1. The van der Waals surface area contributed by atoms with Gasteiger partial charge in [0.05, 0.1) is 5.69 Å². The number of hydrogen-bond donors (Lipinski definition) is 1. The average Bonchev–Trinajstić information content (AvgIpc) is 2.81. The topological polar surface area (TPSA) is 29.3 Å². The summed E-state index contributed by atoms with van der Waals surface area (Å²) in [6, 6.07) is 1.97. The Kier molecular flexibility index (Phi) is 3.34. The molecule has 1 atom stereocenters. The van der Waals surface area contributed by atoms with Crippen molar-refractivity contribution in [1.82, 2.24) is 14.7 Å². The van der Waals surface area contributed by atoms with Crippen LogP contribution >= 0.6 is 0 Å². The summed E-state index contributed by atoms with van der Waals surface area (Å²) in [7, 11) is 0. The highest BCUT2D eigenvalue weighted by molar-refractivity contribution is 5.64. The van der Waals surface area contributed by atoms with E-state index in [4.69, 9.17) is 0 Å². The summed E-state index contributed by atoms with van der Waals surface area (Å²) >= 11 is 0. The van der Waals surface area contributed by atoms with Crippen LogP contribution in [0.3, 0.4) is 0 Å². The molecule has 2 aromatic rings. The van der Waals surface area contributed by atoms with Crippen molar-refractivity contribution in [2.24, 2.45) is 0 Å². The normalized spacial score (nSPS) is 19.7. The van der Waals surface area contributed by atoms with Crippen LogP contribution in [-0.2, 0) is 6.42 Å². The fourth-order valence-corrected chi connectivity index (χ4v) is 2.74. The van der Waals surface area contributed by atoms with Crippen molar-refractivity contribution in [1.29, 1.82) is 0 Å². The van der Waals surface area contributed by atoms with Crippen LogP contribution in [0.4, 0.5) is 4.39 Å². The van der Waals surface area contributed by atoms with E-state index >= 15 is 0 Å². The Labute approximate surface area is 112 Å². The molecule has 2 aromatic heterocycles. The molecule has 3 heterocycles. The number of pyridine rings is 1. The largest absolute Gasteiger partial charge is 0.314 e. The van der Waals surface area contributed by atoms with Crippen molar-refractivity contribution >= 4 is 11.7 Å². The van der Waals surface area contributed by atoms with Gasteiger partial charge in [0, 0.05) is 30.4 Å². The third-order valence-corrected chi connectivity index (χ3v) is 3.68. The third-order valence-electron chi connectivity index (χ3n) is 3.68. The first-order valence-corrected chi connectivity index (χ1v) is 6.79. The molecule has 3 nitrogen and oxygen atoms in total. The molecule has 1 aliphatic heterocycles. The van der Waals surface area contributed by atoms with E-state index in [1.54, 1.807) is 10.5 Å².